The topological polar surface area (TPSA) is 394 Å². The summed E-state index contributed by atoms with van der Waals surface area (Å²) in [6, 6.07) is 0. The van der Waals surface area contributed by atoms with Gasteiger partial charge in [-0.2, -0.15) is 0 Å². The Kier molecular flexibility index (Phi) is 13.2. The minimum Gasteiger partial charge on any atom is -0.479 e. The van der Waals surface area contributed by atoms with Gasteiger partial charge in [-0.3, -0.25) is 0 Å². The zero-order valence-corrected chi connectivity index (χ0v) is 26.2. The van der Waals surface area contributed by atoms with Gasteiger partial charge in [-0.05, 0) is 0 Å². The van der Waals surface area contributed by atoms with Crippen molar-refractivity contribution in [3.63, 3.8) is 0 Å². The molecule has 0 aromatic heterocycles. The number of hydrogen-bond donors (Lipinski definition) is 12. The number of carboxylic acid groups (broad SMARTS) is 4. The molecule has 4 fully saturated rings. The van der Waals surface area contributed by atoms with Crippen molar-refractivity contribution < 1.29 is 123 Å². The number of rotatable bonds is 12. The third-order valence-corrected chi connectivity index (χ3v) is 8.53. The third-order valence-electron chi connectivity index (χ3n) is 8.53. The van der Waals surface area contributed by atoms with Gasteiger partial charge in [-0.25, -0.2) is 19.2 Å². The van der Waals surface area contributed by atoms with Crippen LogP contribution in [0.3, 0.4) is 0 Å². The molecule has 0 amide bonds. The first kappa shape index (κ1) is 41.0. The van der Waals surface area contributed by atoms with E-state index in [9.17, 15) is 80.5 Å². The molecule has 0 bridgehead atoms. The number of aliphatic hydroxyl groups excluding tert-OH is 8. The van der Waals surface area contributed by atoms with Crippen molar-refractivity contribution >= 4 is 23.9 Å². The summed E-state index contributed by atoms with van der Waals surface area (Å²) in [5, 5.41) is 123. The highest BCUT2D eigenvalue weighted by atomic mass is 16.8. The largest absolute Gasteiger partial charge is 0.479 e. The van der Waals surface area contributed by atoms with Crippen molar-refractivity contribution in [2.75, 3.05) is 14.2 Å². The monoisotopic (exact) mass is 750 g/mol. The van der Waals surface area contributed by atoms with E-state index >= 15 is 0 Å². The maximum atomic E-state index is 12.2. The molecule has 0 aliphatic carbocycles. The molecular formula is C26H38O25. The van der Waals surface area contributed by atoms with Gasteiger partial charge in [0.2, 0.25) is 0 Å². The van der Waals surface area contributed by atoms with E-state index in [0.29, 0.717) is 0 Å². The van der Waals surface area contributed by atoms with E-state index in [4.69, 9.17) is 42.6 Å². The molecule has 51 heavy (non-hydrogen) atoms. The van der Waals surface area contributed by atoms with E-state index in [-0.39, 0.29) is 0 Å². The van der Waals surface area contributed by atoms with Gasteiger partial charge in [0, 0.05) is 14.2 Å². The van der Waals surface area contributed by atoms with Gasteiger partial charge in [0.15, 0.2) is 49.6 Å². The summed E-state index contributed by atoms with van der Waals surface area (Å²) in [6.07, 6.45) is -43.0. The molecule has 0 aromatic rings. The van der Waals surface area contributed by atoms with Gasteiger partial charge in [0.25, 0.3) is 0 Å². The van der Waals surface area contributed by atoms with Crippen LogP contribution < -0.4 is 0 Å². The van der Waals surface area contributed by atoms with E-state index in [1.807, 2.05) is 0 Å². The third kappa shape index (κ3) is 8.09. The average molecular weight is 751 g/mol. The number of aliphatic hydroxyl groups is 8. The summed E-state index contributed by atoms with van der Waals surface area (Å²) >= 11 is 0. The zero-order valence-electron chi connectivity index (χ0n) is 26.2. The fourth-order valence-corrected chi connectivity index (χ4v) is 5.86. The average Bonchev–Trinajstić information content (AvgIpc) is 3.07. The fourth-order valence-electron chi connectivity index (χ4n) is 5.86. The van der Waals surface area contributed by atoms with Crippen LogP contribution in [0.5, 0.6) is 0 Å². The molecule has 0 saturated carbocycles. The number of carbonyl (C=O) groups is 4. The summed E-state index contributed by atoms with van der Waals surface area (Å²) < 4.78 is 46.0. The Bertz CT molecular complexity index is 1250. The second kappa shape index (κ2) is 16.5. The summed E-state index contributed by atoms with van der Waals surface area (Å²) in [4.78, 5) is 47.8. The minimum absolute atomic E-state index is 1.000. The minimum atomic E-state index is -2.40. The Morgan fingerprint density at radius 1 is 0.373 bits per heavy atom. The van der Waals surface area contributed by atoms with Crippen LogP contribution in [0.15, 0.2) is 0 Å². The van der Waals surface area contributed by atoms with E-state index in [1.165, 1.54) is 0 Å². The van der Waals surface area contributed by atoms with Crippen molar-refractivity contribution in [3.8, 4) is 0 Å². The summed E-state index contributed by atoms with van der Waals surface area (Å²) in [5.74, 6) is -7.32. The molecule has 4 aliphatic heterocycles. The number of ether oxygens (including phenoxy) is 9. The maximum Gasteiger partial charge on any atom is 0.335 e. The lowest BCUT2D eigenvalue weighted by Crippen LogP contribution is -2.68. The standard InChI is InChI=1S/C26H38O25/c1-43-11-3(27)8(32)24(49-15(11)19(35)36)46-13-5(29)10(34)26(51-17(13)21(39)40)47-14-6(30)9(33)25(50-18(14)22(41)42)45-12-4(28)7(31)23(44-2)48-16(12)20(37)38/h3-18,23-34H,1-2H3,(H,35,36)(H,37,38)(H,39,40)(H,41,42)/t3-,4?,5?,6+,7?,8?,9?,10?,11-,12-,13-,14-,15?,16?,17?,18?,23+,24+,25+,26+/m0/s1. The molecule has 4 saturated heterocycles. The summed E-state index contributed by atoms with van der Waals surface area (Å²) in [6.45, 7) is 0. The van der Waals surface area contributed by atoms with Crippen LogP contribution in [0.2, 0.25) is 0 Å². The maximum absolute atomic E-state index is 12.2. The second-order valence-electron chi connectivity index (χ2n) is 11.7. The first-order chi connectivity index (χ1) is 23.9. The fraction of sp³-hybridized carbons (Fsp3) is 0.846. The predicted molar refractivity (Wildman–Crippen MR) is 146 cm³/mol. The van der Waals surface area contributed by atoms with Gasteiger partial charge < -0.3 is 104 Å². The molecule has 4 aliphatic rings. The van der Waals surface area contributed by atoms with Crippen molar-refractivity contribution in [2.24, 2.45) is 0 Å². The molecule has 0 radical (unpaired) electrons. The summed E-state index contributed by atoms with van der Waals surface area (Å²) in [7, 11) is 2.02. The molecule has 0 spiro atoms. The Morgan fingerprint density at radius 2 is 0.608 bits per heavy atom. The van der Waals surface area contributed by atoms with E-state index < -0.39 is 147 Å². The first-order valence-corrected chi connectivity index (χ1v) is 14.9. The number of hydrogen-bond acceptors (Lipinski definition) is 21. The lowest BCUT2D eigenvalue weighted by atomic mass is 9.95. The van der Waals surface area contributed by atoms with Crippen molar-refractivity contribution in [1.29, 1.82) is 0 Å². The van der Waals surface area contributed by atoms with E-state index in [2.05, 4.69) is 0 Å². The van der Waals surface area contributed by atoms with Gasteiger partial charge in [-0.1, -0.05) is 0 Å². The highest BCUT2D eigenvalue weighted by molar-refractivity contribution is 5.75. The number of carboxylic acids is 4. The quantitative estimate of drug-likeness (QED) is 0.0881. The smallest absolute Gasteiger partial charge is 0.335 e. The van der Waals surface area contributed by atoms with E-state index in [1.54, 1.807) is 0 Å². The SMILES string of the molecule is CO[C@@H]1OC(C(=O)O)[C@@H](O[C@@H]2OC(C(=O)O)[C@@H](O[C@@H]3OC(C(=O)O)[C@@H](O[C@@H]4OC(C(=O)O)[C@@H](OC)[C@@H](O)C4O)C(O)C3O)[C@H](O)C2O)C(O)C1O. The molecule has 25 nitrogen and oxygen atoms in total. The van der Waals surface area contributed by atoms with Crippen LogP contribution in [-0.4, -0.2) is 222 Å². The molecule has 12 N–H and O–H groups in total. The Hall–Kier alpha value is -2.80. The van der Waals surface area contributed by atoms with Crippen LogP contribution in [0.1, 0.15) is 0 Å². The molecule has 292 valence electrons. The van der Waals surface area contributed by atoms with Gasteiger partial charge >= 0.3 is 23.9 Å². The molecule has 10 unspecified atom stereocenters. The van der Waals surface area contributed by atoms with Crippen molar-refractivity contribution in [3.05, 3.63) is 0 Å². The Morgan fingerprint density at radius 3 is 0.863 bits per heavy atom. The zero-order chi connectivity index (χ0) is 38.2. The Balaban J connectivity index is 1.51. The van der Waals surface area contributed by atoms with Gasteiger partial charge in [0.05, 0.1) is 0 Å². The Labute approximate surface area is 284 Å². The van der Waals surface area contributed by atoms with Gasteiger partial charge in [-0.15, -0.1) is 0 Å². The van der Waals surface area contributed by atoms with Crippen LogP contribution in [0.25, 0.3) is 0 Å². The van der Waals surface area contributed by atoms with Crippen molar-refractivity contribution in [1.82, 2.24) is 0 Å². The lowest BCUT2D eigenvalue weighted by molar-refractivity contribution is -0.378. The molecule has 4 rings (SSSR count). The molecule has 25 heteroatoms. The molecule has 4 heterocycles. The molecular weight excluding hydrogens is 712 g/mol. The van der Waals surface area contributed by atoms with Crippen LogP contribution >= 0.6 is 0 Å². The highest BCUT2D eigenvalue weighted by Gasteiger charge is 2.58. The second-order valence-corrected chi connectivity index (χ2v) is 11.7. The van der Waals surface area contributed by atoms with Gasteiger partial charge in [0.1, 0.15) is 73.2 Å². The first-order valence-electron chi connectivity index (χ1n) is 14.9. The van der Waals surface area contributed by atoms with Crippen LogP contribution in [-0.2, 0) is 61.8 Å². The van der Waals surface area contributed by atoms with E-state index in [0.717, 1.165) is 14.2 Å². The number of aliphatic carboxylic acids is 4. The highest BCUT2D eigenvalue weighted by Crippen LogP contribution is 2.35. The normalized spacial score (nSPS) is 47.7. The van der Waals surface area contributed by atoms with Crippen LogP contribution in [0, 0.1) is 0 Å². The van der Waals surface area contributed by atoms with Crippen LogP contribution in [0.4, 0.5) is 0 Å². The molecule has 20 atom stereocenters. The predicted octanol–water partition coefficient (Wildman–Crippen LogP) is -8.07. The molecule has 0 aromatic carbocycles. The van der Waals surface area contributed by atoms with Crippen molar-refractivity contribution in [2.45, 2.75) is 123 Å². The number of methoxy groups -OCH3 is 2. The summed E-state index contributed by atoms with van der Waals surface area (Å²) in [5.41, 5.74) is 0. The lowest BCUT2D eigenvalue weighted by Gasteiger charge is -2.48.